The van der Waals surface area contributed by atoms with Crippen LogP contribution in [0, 0.1) is 6.92 Å². The molecule has 0 aliphatic rings. The molecule has 118 valence electrons. The minimum absolute atomic E-state index is 0.132. The molecule has 4 nitrogen and oxygen atoms in total. The van der Waals surface area contributed by atoms with Crippen LogP contribution < -0.4 is 14.8 Å². The third-order valence-electron chi connectivity index (χ3n) is 3.71. The maximum atomic E-state index is 12.6. The van der Waals surface area contributed by atoms with Gasteiger partial charge in [0.05, 0.1) is 24.8 Å². The van der Waals surface area contributed by atoms with Crippen molar-refractivity contribution in [2.24, 2.45) is 0 Å². The predicted molar refractivity (Wildman–Crippen MR) is 94.1 cm³/mol. The van der Waals surface area contributed by atoms with Crippen molar-refractivity contribution in [1.29, 1.82) is 0 Å². The quantitative estimate of drug-likeness (QED) is 0.768. The van der Waals surface area contributed by atoms with Gasteiger partial charge in [0.25, 0.3) is 5.91 Å². The van der Waals surface area contributed by atoms with Gasteiger partial charge in [-0.25, -0.2) is 0 Å². The summed E-state index contributed by atoms with van der Waals surface area (Å²) in [5, 5.41) is 4.04. The molecular formula is C18H17NO3S. The van der Waals surface area contributed by atoms with Crippen LogP contribution in [0.1, 0.15) is 15.2 Å². The Morgan fingerprint density at radius 1 is 1.09 bits per heavy atom. The normalized spacial score (nSPS) is 10.6. The monoisotopic (exact) mass is 327 g/mol. The van der Waals surface area contributed by atoms with Gasteiger partial charge in [0, 0.05) is 10.8 Å². The van der Waals surface area contributed by atoms with Gasteiger partial charge in [-0.15, -0.1) is 11.3 Å². The number of nitrogens with one attached hydrogen (secondary N) is 1. The van der Waals surface area contributed by atoms with Crippen LogP contribution in [0.2, 0.25) is 0 Å². The van der Waals surface area contributed by atoms with Crippen molar-refractivity contribution in [2.45, 2.75) is 6.92 Å². The molecule has 0 bridgehead atoms. The van der Waals surface area contributed by atoms with E-state index >= 15 is 0 Å². The molecule has 0 saturated heterocycles. The number of hydrogen-bond acceptors (Lipinski definition) is 4. The second kappa shape index (κ2) is 6.30. The van der Waals surface area contributed by atoms with Crippen LogP contribution in [0.5, 0.6) is 11.5 Å². The van der Waals surface area contributed by atoms with Crippen molar-refractivity contribution in [1.82, 2.24) is 0 Å². The maximum absolute atomic E-state index is 12.6. The lowest BCUT2D eigenvalue weighted by Crippen LogP contribution is -2.12. The molecule has 1 amide bonds. The summed E-state index contributed by atoms with van der Waals surface area (Å²) in [5.41, 5.74) is 1.62. The van der Waals surface area contributed by atoms with E-state index in [1.54, 1.807) is 32.4 Å². The Morgan fingerprint density at radius 3 is 2.57 bits per heavy atom. The van der Waals surface area contributed by atoms with E-state index < -0.39 is 0 Å². The van der Waals surface area contributed by atoms with Gasteiger partial charge in [0.2, 0.25) is 0 Å². The molecule has 1 N–H and O–H groups in total. The van der Waals surface area contributed by atoms with Gasteiger partial charge in [0.1, 0.15) is 11.5 Å². The van der Waals surface area contributed by atoms with Gasteiger partial charge < -0.3 is 14.8 Å². The number of rotatable bonds is 4. The summed E-state index contributed by atoms with van der Waals surface area (Å²) < 4.78 is 11.6. The number of aryl methyl sites for hydroxylation is 1. The fourth-order valence-corrected chi connectivity index (χ4v) is 3.58. The fourth-order valence-electron chi connectivity index (χ4n) is 2.47. The van der Waals surface area contributed by atoms with E-state index in [0.29, 0.717) is 22.1 Å². The molecule has 0 fully saturated rings. The Balaban J connectivity index is 1.93. The fraction of sp³-hybridized carbons (Fsp3) is 0.167. The topological polar surface area (TPSA) is 47.6 Å². The highest BCUT2D eigenvalue weighted by Gasteiger charge is 2.17. The number of fused-ring (bicyclic) bond motifs is 1. The molecule has 2 aromatic carbocycles. The molecular weight excluding hydrogens is 310 g/mol. The molecule has 0 atom stereocenters. The summed E-state index contributed by atoms with van der Waals surface area (Å²) in [6.45, 7) is 1.97. The zero-order valence-electron chi connectivity index (χ0n) is 13.2. The van der Waals surface area contributed by atoms with Crippen LogP contribution in [0.3, 0.4) is 0 Å². The van der Waals surface area contributed by atoms with E-state index in [1.807, 2.05) is 31.2 Å². The molecule has 1 heterocycles. The molecule has 0 spiro atoms. The first-order chi connectivity index (χ1) is 11.1. The number of ether oxygens (including phenoxy) is 2. The first-order valence-corrected chi connectivity index (χ1v) is 7.97. The zero-order valence-corrected chi connectivity index (χ0v) is 14.0. The summed E-state index contributed by atoms with van der Waals surface area (Å²) in [4.78, 5) is 13.4. The van der Waals surface area contributed by atoms with Crippen LogP contribution in [0.15, 0.2) is 42.5 Å². The van der Waals surface area contributed by atoms with Crippen LogP contribution in [-0.2, 0) is 0 Å². The third kappa shape index (κ3) is 2.87. The second-order valence-electron chi connectivity index (χ2n) is 5.07. The van der Waals surface area contributed by atoms with Crippen LogP contribution >= 0.6 is 11.3 Å². The SMILES string of the molecule is COc1ccc(NC(=O)c2sc3ccccc3c2C)c(OC)c1. The van der Waals surface area contributed by atoms with E-state index in [-0.39, 0.29) is 5.91 Å². The van der Waals surface area contributed by atoms with Gasteiger partial charge in [-0.2, -0.15) is 0 Å². The van der Waals surface area contributed by atoms with Crippen molar-refractivity contribution in [2.75, 3.05) is 19.5 Å². The van der Waals surface area contributed by atoms with Crippen molar-refractivity contribution in [3.8, 4) is 11.5 Å². The van der Waals surface area contributed by atoms with Gasteiger partial charge in [-0.3, -0.25) is 4.79 Å². The molecule has 0 radical (unpaired) electrons. The van der Waals surface area contributed by atoms with Gasteiger partial charge >= 0.3 is 0 Å². The third-order valence-corrected chi connectivity index (χ3v) is 4.98. The first-order valence-electron chi connectivity index (χ1n) is 7.15. The van der Waals surface area contributed by atoms with Crippen molar-refractivity contribution in [3.63, 3.8) is 0 Å². The lowest BCUT2D eigenvalue weighted by atomic mass is 10.1. The number of carbonyl (C=O) groups excluding carboxylic acids is 1. The largest absolute Gasteiger partial charge is 0.497 e. The average Bonchev–Trinajstić information content (AvgIpc) is 2.92. The molecule has 0 saturated carbocycles. The Hall–Kier alpha value is -2.53. The molecule has 3 rings (SSSR count). The first kappa shape index (κ1) is 15.4. The Labute approximate surface area is 138 Å². The standard InChI is InChI=1S/C18H17NO3S/c1-11-13-6-4-5-7-16(13)23-17(11)18(20)19-14-9-8-12(21-2)10-15(14)22-3/h4-10H,1-3H3,(H,19,20). The number of hydrogen-bond donors (Lipinski definition) is 1. The number of amides is 1. The predicted octanol–water partition coefficient (Wildman–Crippen LogP) is 4.48. The molecule has 5 heteroatoms. The van der Waals surface area contributed by atoms with Gasteiger partial charge in [-0.1, -0.05) is 18.2 Å². The minimum Gasteiger partial charge on any atom is -0.497 e. The highest BCUT2D eigenvalue weighted by atomic mass is 32.1. The van der Waals surface area contributed by atoms with Gasteiger partial charge in [0.15, 0.2) is 0 Å². The van der Waals surface area contributed by atoms with Crippen LogP contribution in [0.4, 0.5) is 5.69 Å². The van der Waals surface area contributed by atoms with Crippen LogP contribution in [0.25, 0.3) is 10.1 Å². The number of carbonyl (C=O) groups is 1. The number of benzene rings is 2. The number of thiophene rings is 1. The molecule has 23 heavy (non-hydrogen) atoms. The summed E-state index contributed by atoms with van der Waals surface area (Å²) in [5.74, 6) is 1.11. The molecule has 0 aliphatic heterocycles. The Morgan fingerprint density at radius 2 is 1.87 bits per heavy atom. The van der Waals surface area contributed by atoms with E-state index in [1.165, 1.54) is 11.3 Å². The average molecular weight is 327 g/mol. The van der Waals surface area contributed by atoms with Crippen LogP contribution in [-0.4, -0.2) is 20.1 Å². The van der Waals surface area contributed by atoms with Gasteiger partial charge in [-0.05, 0) is 36.1 Å². The summed E-state index contributed by atoms with van der Waals surface area (Å²) in [7, 11) is 3.16. The molecule has 3 aromatic rings. The summed E-state index contributed by atoms with van der Waals surface area (Å²) in [6.07, 6.45) is 0. The van der Waals surface area contributed by atoms with E-state index in [0.717, 1.165) is 15.6 Å². The maximum Gasteiger partial charge on any atom is 0.266 e. The van der Waals surface area contributed by atoms with E-state index in [9.17, 15) is 4.79 Å². The highest BCUT2D eigenvalue weighted by molar-refractivity contribution is 7.21. The Bertz CT molecular complexity index is 870. The second-order valence-corrected chi connectivity index (χ2v) is 6.12. The minimum atomic E-state index is -0.132. The van der Waals surface area contributed by atoms with Crippen molar-refractivity contribution >= 4 is 33.0 Å². The van der Waals surface area contributed by atoms with E-state index in [4.69, 9.17) is 9.47 Å². The number of methoxy groups -OCH3 is 2. The zero-order chi connectivity index (χ0) is 16.4. The molecule has 0 unspecified atom stereocenters. The lowest BCUT2D eigenvalue weighted by Gasteiger charge is -2.11. The lowest BCUT2D eigenvalue weighted by molar-refractivity contribution is 0.102. The smallest absolute Gasteiger partial charge is 0.266 e. The van der Waals surface area contributed by atoms with E-state index in [2.05, 4.69) is 5.32 Å². The van der Waals surface area contributed by atoms with Crippen molar-refractivity contribution < 1.29 is 14.3 Å². The Kier molecular flexibility index (Phi) is 4.21. The summed E-state index contributed by atoms with van der Waals surface area (Å²) >= 11 is 1.49. The molecule has 0 aliphatic carbocycles. The number of anilines is 1. The highest BCUT2D eigenvalue weighted by Crippen LogP contribution is 2.33. The molecule has 1 aromatic heterocycles. The van der Waals surface area contributed by atoms with Crippen molar-refractivity contribution in [3.05, 3.63) is 52.9 Å². The summed E-state index contributed by atoms with van der Waals surface area (Å²) in [6, 6.07) is 13.3.